The lowest BCUT2D eigenvalue weighted by Crippen LogP contribution is -2.21. The number of carbonyl (C=O) groups excluding carboxylic acids is 2. The molecule has 1 aliphatic carbocycles. The molecule has 0 unspecified atom stereocenters. The Morgan fingerprint density at radius 2 is 1.38 bits per heavy atom. The highest BCUT2D eigenvalue weighted by Crippen LogP contribution is 2.37. The molecule has 0 saturated carbocycles. The number of ether oxygens (including phenoxy) is 1. The minimum atomic E-state index is -0.174. The third-order valence-electron chi connectivity index (χ3n) is 6.09. The fraction of sp³-hybridized carbons (Fsp3) is 0.172. The Hall–Kier alpha value is -3.72. The van der Waals surface area contributed by atoms with Crippen LogP contribution in [0.25, 0.3) is 10.8 Å². The number of unbranched alkanes of at least 4 members (excludes halogenated alkanes) is 2. The highest BCUT2D eigenvalue weighted by molar-refractivity contribution is 6.30. The molecule has 4 aromatic carbocycles. The van der Waals surface area contributed by atoms with Crippen LogP contribution in [0.1, 0.15) is 63.6 Å². The van der Waals surface area contributed by atoms with Crippen molar-refractivity contribution >= 4 is 22.3 Å². The molecule has 0 fully saturated rings. The predicted octanol–water partition coefficient (Wildman–Crippen LogP) is 7.14. The Kier molecular flexibility index (Phi) is 5.32. The summed E-state index contributed by atoms with van der Waals surface area (Å²) in [5, 5.41) is 1.88. The second-order valence-corrected chi connectivity index (χ2v) is 8.29. The molecule has 0 amide bonds. The van der Waals surface area contributed by atoms with E-state index in [2.05, 4.69) is 19.1 Å². The van der Waals surface area contributed by atoms with Gasteiger partial charge in [0.1, 0.15) is 11.5 Å². The Bertz CT molecular complexity index is 1330. The first-order chi connectivity index (χ1) is 15.7. The Morgan fingerprint density at radius 3 is 2.06 bits per heavy atom. The van der Waals surface area contributed by atoms with Crippen LogP contribution in [0.4, 0.5) is 0 Å². The van der Waals surface area contributed by atoms with Crippen LogP contribution >= 0.6 is 0 Å². The lowest BCUT2D eigenvalue weighted by atomic mass is 9.82. The summed E-state index contributed by atoms with van der Waals surface area (Å²) in [7, 11) is 0. The van der Waals surface area contributed by atoms with Crippen molar-refractivity contribution in [1.82, 2.24) is 0 Å². The van der Waals surface area contributed by atoms with Gasteiger partial charge in [0, 0.05) is 16.7 Å². The third kappa shape index (κ3) is 3.60. The molecule has 158 valence electrons. The lowest BCUT2D eigenvalue weighted by Gasteiger charge is -2.21. The predicted molar refractivity (Wildman–Crippen MR) is 127 cm³/mol. The van der Waals surface area contributed by atoms with Crippen molar-refractivity contribution in [2.75, 3.05) is 0 Å². The van der Waals surface area contributed by atoms with E-state index in [0.29, 0.717) is 33.8 Å². The number of fused-ring (bicyclic) bond motifs is 3. The summed E-state index contributed by atoms with van der Waals surface area (Å²) in [5.74, 6) is 0.754. The molecule has 0 heterocycles. The van der Waals surface area contributed by atoms with Crippen LogP contribution in [-0.2, 0) is 6.42 Å². The van der Waals surface area contributed by atoms with Crippen LogP contribution in [0, 0.1) is 0 Å². The highest BCUT2D eigenvalue weighted by atomic mass is 16.5. The fourth-order valence-electron chi connectivity index (χ4n) is 4.37. The normalized spacial score (nSPS) is 12.5. The zero-order valence-corrected chi connectivity index (χ0v) is 18.1. The van der Waals surface area contributed by atoms with Crippen molar-refractivity contribution in [3.8, 4) is 11.5 Å². The average Bonchev–Trinajstić information content (AvgIpc) is 2.83. The van der Waals surface area contributed by atoms with Gasteiger partial charge in [-0.25, -0.2) is 0 Å². The number of aryl methyl sites for hydroxylation is 1. The highest BCUT2D eigenvalue weighted by Gasteiger charge is 2.32. The van der Waals surface area contributed by atoms with Crippen molar-refractivity contribution < 1.29 is 14.3 Å². The number of rotatable bonds is 6. The molecule has 32 heavy (non-hydrogen) atoms. The first-order valence-electron chi connectivity index (χ1n) is 11.2. The standard InChI is InChI=1S/C29H24O3/c1-2-3-4-8-19-13-15-22(16-14-19)32-26-12-7-11-23-27(26)29(31)25-18-21-10-6-5-9-20(21)17-24(25)28(23)30/h5-7,9-18H,2-4,8H2,1H3. The lowest BCUT2D eigenvalue weighted by molar-refractivity contribution is 0.0977. The van der Waals surface area contributed by atoms with Crippen LogP contribution in [0.2, 0.25) is 0 Å². The molecule has 0 radical (unpaired) electrons. The van der Waals surface area contributed by atoms with Crippen molar-refractivity contribution in [2.45, 2.75) is 32.6 Å². The van der Waals surface area contributed by atoms with Crippen LogP contribution in [0.15, 0.2) is 78.9 Å². The zero-order valence-electron chi connectivity index (χ0n) is 18.1. The Labute approximate surface area is 187 Å². The summed E-state index contributed by atoms with van der Waals surface area (Å²) in [6.45, 7) is 2.20. The van der Waals surface area contributed by atoms with Gasteiger partial charge in [-0.3, -0.25) is 9.59 Å². The minimum absolute atomic E-state index is 0.142. The van der Waals surface area contributed by atoms with E-state index in [4.69, 9.17) is 4.74 Å². The zero-order chi connectivity index (χ0) is 22.1. The molecular formula is C29H24O3. The molecule has 0 bridgehead atoms. The summed E-state index contributed by atoms with van der Waals surface area (Å²) in [6.07, 6.45) is 4.65. The molecule has 0 saturated heterocycles. The second kappa shape index (κ2) is 8.43. The maximum absolute atomic E-state index is 13.5. The number of ketones is 2. The van der Waals surface area contributed by atoms with E-state index in [1.807, 2.05) is 48.5 Å². The van der Waals surface area contributed by atoms with Gasteiger partial charge < -0.3 is 4.74 Å². The van der Waals surface area contributed by atoms with Crippen molar-refractivity contribution in [3.05, 3.63) is 107 Å². The van der Waals surface area contributed by atoms with E-state index in [-0.39, 0.29) is 11.6 Å². The third-order valence-corrected chi connectivity index (χ3v) is 6.09. The maximum Gasteiger partial charge on any atom is 0.198 e. The second-order valence-electron chi connectivity index (χ2n) is 8.29. The van der Waals surface area contributed by atoms with Crippen LogP contribution < -0.4 is 4.74 Å². The van der Waals surface area contributed by atoms with Gasteiger partial charge in [-0.15, -0.1) is 0 Å². The van der Waals surface area contributed by atoms with E-state index in [1.165, 1.54) is 24.8 Å². The molecule has 0 aliphatic heterocycles. The van der Waals surface area contributed by atoms with Gasteiger partial charge in [0.25, 0.3) is 0 Å². The number of benzene rings is 4. The van der Waals surface area contributed by atoms with Gasteiger partial charge in [-0.05, 0) is 59.5 Å². The van der Waals surface area contributed by atoms with E-state index >= 15 is 0 Å². The molecule has 1 aliphatic rings. The topological polar surface area (TPSA) is 43.4 Å². The van der Waals surface area contributed by atoms with Crippen molar-refractivity contribution in [2.24, 2.45) is 0 Å². The molecule has 4 aromatic rings. The monoisotopic (exact) mass is 420 g/mol. The van der Waals surface area contributed by atoms with Gasteiger partial charge in [0.15, 0.2) is 11.6 Å². The van der Waals surface area contributed by atoms with Gasteiger partial charge >= 0.3 is 0 Å². The molecule has 0 atom stereocenters. The van der Waals surface area contributed by atoms with Crippen molar-refractivity contribution in [1.29, 1.82) is 0 Å². The maximum atomic E-state index is 13.5. The number of hydrogen-bond donors (Lipinski definition) is 0. The average molecular weight is 421 g/mol. The van der Waals surface area contributed by atoms with E-state index in [9.17, 15) is 9.59 Å². The molecule has 3 nitrogen and oxygen atoms in total. The molecule has 5 rings (SSSR count). The number of hydrogen-bond acceptors (Lipinski definition) is 3. The molecule has 0 spiro atoms. The van der Waals surface area contributed by atoms with E-state index in [1.54, 1.807) is 18.2 Å². The SMILES string of the molecule is CCCCCc1ccc(Oc2cccc3c2C(=O)c2cc4ccccc4cc2C3=O)cc1. The van der Waals surface area contributed by atoms with Crippen LogP contribution in [-0.4, -0.2) is 11.6 Å². The molecule has 0 aromatic heterocycles. The van der Waals surface area contributed by atoms with Gasteiger partial charge in [-0.1, -0.05) is 68.3 Å². The minimum Gasteiger partial charge on any atom is -0.457 e. The Balaban J connectivity index is 1.49. The summed E-state index contributed by atoms with van der Waals surface area (Å²) in [4.78, 5) is 26.7. The van der Waals surface area contributed by atoms with E-state index < -0.39 is 0 Å². The smallest absolute Gasteiger partial charge is 0.198 e. The van der Waals surface area contributed by atoms with E-state index in [0.717, 1.165) is 17.2 Å². The largest absolute Gasteiger partial charge is 0.457 e. The number of carbonyl (C=O) groups is 2. The molecule has 3 heteroatoms. The first-order valence-corrected chi connectivity index (χ1v) is 11.2. The summed E-state index contributed by atoms with van der Waals surface area (Å²) in [6, 6.07) is 24.6. The molecular weight excluding hydrogens is 396 g/mol. The summed E-state index contributed by atoms with van der Waals surface area (Å²) in [5.41, 5.74) is 2.89. The fourth-order valence-corrected chi connectivity index (χ4v) is 4.37. The van der Waals surface area contributed by atoms with Crippen LogP contribution in [0.3, 0.4) is 0 Å². The summed E-state index contributed by atoms with van der Waals surface area (Å²) < 4.78 is 6.11. The van der Waals surface area contributed by atoms with Gasteiger partial charge in [0.2, 0.25) is 0 Å². The first kappa shape index (κ1) is 20.2. The Morgan fingerprint density at radius 1 is 0.688 bits per heavy atom. The summed E-state index contributed by atoms with van der Waals surface area (Å²) >= 11 is 0. The van der Waals surface area contributed by atoms with Crippen LogP contribution in [0.5, 0.6) is 11.5 Å². The molecule has 0 N–H and O–H groups in total. The van der Waals surface area contributed by atoms with Gasteiger partial charge in [-0.2, -0.15) is 0 Å². The van der Waals surface area contributed by atoms with Crippen molar-refractivity contribution in [3.63, 3.8) is 0 Å². The van der Waals surface area contributed by atoms with Gasteiger partial charge in [0.05, 0.1) is 5.56 Å². The quantitative estimate of drug-likeness (QED) is 0.274.